The number of amides is 1. The van der Waals surface area contributed by atoms with Crippen molar-refractivity contribution in [2.45, 2.75) is 12.5 Å². The van der Waals surface area contributed by atoms with Gasteiger partial charge >= 0.3 is 0 Å². The predicted molar refractivity (Wildman–Crippen MR) is 49.9 cm³/mol. The lowest BCUT2D eigenvalue weighted by molar-refractivity contribution is -0.135. The largest absolute Gasteiger partial charge is 0.391 e. The number of rotatable bonds is 5. The van der Waals surface area contributed by atoms with Gasteiger partial charge in [-0.2, -0.15) is 0 Å². The first-order chi connectivity index (χ1) is 6.74. The molecule has 0 spiro atoms. The van der Waals surface area contributed by atoms with E-state index in [2.05, 4.69) is 0 Å². The number of carbonyl (C=O) groups is 1. The smallest absolute Gasteiger partial charge is 0.248 e. The standard InChI is InChI=1S/C9H17NO4/c1-13-4-5-14-7-9(12)10-3-2-8(11)6-10/h8,11H,2-7H2,1H3. The van der Waals surface area contributed by atoms with Crippen LogP contribution < -0.4 is 0 Å². The van der Waals surface area contributed by atoms with Crippen LogP contribution in [0.5, 0.6) is 0 Å². The molecular formula is C9H17NO4. The van der Waals surface area contributed by atoms with Crippen molar-refractivity contribution in [1.82, 2.24) is 4.90 Å². The van der Waals surface area contributed by atoms with Gasteiger partial charge in [0.15, 0.2) is 0 Å². The first-order valence-electron chi connectivity index (χ1n) is 4.76. The van der Waals surface area contributed by atoms with Crippen LogP contribution in [0.25, 0.3) is 0 Å². The lowest BCUT2D eigenvalue weighted by atomic mass is 10.3. The van der Waals surface area contributed by atoms with E-state index in [1.807, 2.05) is 0 Å². The summed E-state index contributed by atoms with van der Waals surface area (Å²) >= 11 is 0. The molecular weight excluding hydrogens is 186 g/mol. The van der Waals surface area contributed by atoms with Crippen LogP contribution in [0.4, 0.5) is 0 Å². The minimum absolute atomic E-state index is 0.0577. The molecule has 0 bridgehead atoms. The first kappa shape index (κ1) is 11.4. The maximum Gasteiger partial charge on any atom is 0.248 e. The summed E-state index contributed by atoms with van der Waals surface area (Å²) in [5.74, 6) is -0.0577. The van der Waals surface area contributed by atoms with Gasteiger partial charge in [0.1, 0.15) is 6.61 Å². The van der Waals surface area contributed by atoms with E-state index in [4.69, 9.17) is 9.47 Å². The summed E-state index contributed by atoms with van der Waals surface area (Å²) in [6, 6.07) is 0. The van der Waals surface area contributed by atoms with E-state index in [-0.39, 0.29) is 18.6 Å². The molecule has 0 aliphatic carbocycles. The van der Waals surface area contributed by atoms with Crippen LogP contribution in [0.1, 0.15) is 6.42 Å². The van der Waals surface area contributed by atoms with Crippen LogP contribution in [-0.2, 0) is 14.3 Å². The van der Waals surface area contributed by atoms with E-state index < -0.39 is 0 Å². The number of β-amino-alcohol motifs (C(OH)–C–C–N with tert-alkyl or cyclic N) is 1. The molecule has 1 amide bonds. The van der Waals surface area contributed by atoms with Crippen molar-refractivity contribution >= 4 is 5.91 Å². The van der Waals surface area contributed by atoms with Crippen LogP contribution in [0.15, 0.2) is 0 Å². The van der Waals surface area contributed by atoms with E-state index in [9.17, 15) is 9.90 Å². The number of likely N-dealkylation sites (tertiary alicyclic amines) is 1. The molecule has 1 saturated heterocycles. The van der Waals surface area contributed by atoms with Crippen molar-refractivity contribution in [3.63, 3.8) is 0 Å². The third-order valence-corrected chi connectivity index (χ3v) is 2.17. The van der Waals surface area contributed by atoms with Crippen LogP contribution in [0, 0.1) is 0 Å². The second-order valence-corrected chi connectivity index (χ2v) is 3.33. The highest BCUT2D eigenvalue weighted by atomic mass is 16.5. The Hall–Kier alpha value is -0.650. The lowest BCUT2D eigenvalue weighted by Gasteiger charge is -2.15. The quantitative estimate of drug-likeness (QED) is 0.597. The van der Waals surface area contributed by atoms with Gasteiger partial charge in [0.25, 0.3) is 0 Å². The highest BCUT2D eigenvalue weighted by molar-refractivity contribution is 5.77. The van der Waals surface area contributed by atoms with Gasteiger partial charge in [0.05, 0.1) is 19.3 Å². The van der Waals surface area contributed by atoms with Crippen molar-refractivity contribution in [1.29, 1.82) is 0 Å². The third kappa shape index (κ3) is 3.61. The average Bonchev–Trinajstić information content (AvgIpc) is 2.59. The summed E-state index contributed by atoms with van der Waals surface area (Å²) in [6.07, 6.45) is 0.307. The number of aliphatic hydroxyl groups excluding tert-OH is 1. The van der Waals surface area contributed by atoms with E-state index >= 15 is 0 Å². The predicted octanol–water partition coefficient (Wildman–Crippen LogP) is -0.757. The van der Waals surface area contributed by atoms with Crippen molar-refractivity contribution in [3.8, 4) is 0 Å². The van der Waals surface area contributed by atoms with Gasteiger partial charge in [-0.25, -0.2) is 0 Å². The minimum atomic E-state index is -0.363. The molecule has 0 radical (unpaired) electrons. The van der Waals surface area contributed by atoms with Crippen LogP contribution >= 0.6 is 0 Å². The summed E-state index contributed by atoms with van der Waals surface area (Å²) in [5, 5.41) is 9.20. The molecule has 5 heteroatoms. The fourth-order valence-electron chi connectivity index (χ4n) is 1.36. The van der Waals surface area contributed by atoms with Crippen LogP contribution in [-0.4, -0.2) is 62.0 Å². The SMILES string of the molecule is COCCOCC(=O)N1CCC(O)C1. The molecule has 0 saturated carbocycles. The molecule has 82 valence electrons. The zero-order chi connectivity index (χ0) is 10.4. The molecule has 1 N–H and O–H groups in total. The third-order valence-electron chi connectivity index (χ3n) is 2.17. The fourth-order valence-corrected chi connectivity index (χ4v) is 1.36. The molecule has 14 heavy (non-hydrogen) atoms. The van der Waals surface area contributed by atoms with Crippen molar-refractivity contribution in [3.05, 3.63) is 0 Å². The van der Waals surface area contributed by atoms with Gasteiger partial charge in [-0.3, -0.25) is 4.79 Å². The van der Waals surface area contributed by atoms with Gasteiger partial charge in [0, 0.05) is 20.2 Å². The molecule has 1 fully saturated rings. The summed E-state index contributed by atoms with van der Waals surface area (Å²) in [6.45, 7) is 2.07. The Bertz CT molecular complexity index is 186. The Kier molecular flexibility index (Phi) is 4.86. The van der Waals surface area contributed by atoms with Gasteiger partial charge in [-0.05, 0) is 6.42 Å². The first-order valence-corrected chi connectivity index (χ1v) is 4.76. The lowest BCUT2D eigenvalue weighted by Crippen LogP contribution is -2.33. The second-order valence-electron chi connectivity index (χ2n) is 3.33. The highest BCUT2D eigenvalue weighted by Crippen LogP contribution is 2.08. The summed E-state index contributed by atoms with van der Waals surface area (Å²) in [4.78, 5) is 13.0. The monoisotopic (exact) mass is 203 g/mol. The average molecular weight is 203 g/mol. The number of ether oxygens (including phenoxy) is 2. The van der Waals surface area contributed by atoms with E-state index in [1.54, 1.807) is 12.0 Å². The Morgan fingerprint density at radius 3 is 2.93 bits per heavy atom. The topological polar surface area (TPSA) is 59.0 Å². The van der Waals surface area contributed by atoms with E-state index in [0.717, 1.165) is 0 Å². The van der Waals surface area contributed by atoms with E-state index in [0.29, 0.717) is 32.7 Å². The van der Waals surface area contributed by atoms with Crippen molar-refractivity contribution in [2.75, 3.05) is 40.0 Å². The van der Waals surface area contributed by atoms with Crippen LogP contribution in [0.2, 0.25) is 0 Å². The number of nitrogens with zero attached hydrogens (tertiary/aromatic N) is 1. The van der Waals surface area contributed by atoms with Gasteiger partial charge in [-0.1, -0.05) is 0 Å². The normalized spacial score (nSPS) is 21.6. The van der Waals surface area contributed by atoms with Crippen molar-refractivity contribution in [2.24, 2.45) is 0 Å². The fraction of sp³-hybridized carbons (Fsp3) is 0.889. The maximum absolute atomic E-state index is 11.4. The molecule has 1 heterocycles. The molecule has 1 unspecified atom stereocenters. The number of carbonyl (C=O) groups excluding carboxylic acids is 1. The maximum atomic E-state index is 11.4. The van der Waals surface area contributed by atoms with Gasteiger partial charge in [0.2, 0.25) is 5.91 Å². The zero-order valence-electron chi connectivity index (χ0n) is 8.44. The molecule has 1 rings (SSSR count). The Labute approximate surface area is 83.6 Å². The Balaban J connectivity index is 2.09. The van der Waals surface area contributed by atoms with Gasteiger partial charge < -0.3 is 19.5 Å². The molecule has 1 aliphatic heterocycles. The number of hydrogen-bond acceptors (Lipinski definition) is 4. The number of aliphatic hydroxyl groups is 1. The van der Waals surface area contributed by atoms with Gasteiger partial charge in [-0.15, -0.1) is 0 Å². The number of methoxy groups -OCH3 is 1. The number of hydrogen-bond donors (Lipinski definition) is 1. The highest BCUT2D eigenvalue weighted by Gasteiger charge is 2.24. The molecule has 5 nitrogen and oxygen atoms in total. The minimum Gasteiger partial charge on any atom is -0.391 e. The summed E-state index contributed by atoms with van der Waals surface area (Å²) < 4.78 is 9.86. The van der Waals surface area contributed by atoms with Crippen molar-refractivity contribution < 1.29 is 19.4 Å². The van der Waals surface area contributed by atoms with Crippen LogP contribution in [0.3, 0.4) is 0 Å². The summed E-state index contributed by atoms with van der Waals surface area (Å²) in [7, 11) is 1.59. The molecule has 0 aromatic heterocycles. The summed E-state index contributed by atoms with van der Waals surface area (Å²) in [5.41, 5.74) is 0. The zero-order valence-corrected chi connectivity index (χ0v) is 8.44. The van der Waals surface area contributed by atoms with E-state index in [1.165, 1.54) is 0 Å². The Morgan fingerprint density at radius 1 is 1.57 bits per heavy atom. The molecule has 1 aliphatic rings. The molecule has 0 aromatic rings. The Morgan fingerprint density at radius 2 is 2.36 bits per heavy atom. The molecule has 0 aromatic carbocycles. The second kappa shape index (κ2) is 5.95. The molecule has 1 atom stereocenters.